The van der Waals surface area contributed by atoms with Gasteiger partial charge in [-0.25, -0.2) is 9.18 Å². The highest BCUT2D eigenvalue weighted by molar-refractivity contribution is 5.69. The number of hydrogen-bond donors (Lipinski definition) is 0. The lowest BCUT2D eigenvalue weighted by Crippen LogP contribution is -2.58. The predicted molar refractivity (Wildman–Crippen MR) is 124 cm³/mol. The number of piperidine rings is 1. The van der Waals surface area contributed by atoms with E-state index < -0.39 is 5.60 Å². The second-order valence-corrected chi connectivity index (χ2v) is 11.4. The predicted octanol–water partition coefficient (Wildman–Crippen LogP) is 5.58. The molecule has 0 unspecified atom stereocenters. The summed E-state index contributed by atoms with van der Waals surface area (Å²) in [5, 5.41) is 0. The van der Waals surface area contributed by atoms with Crippen LogP contribution in [0.4, 0.5) is 9.18 Å². The van der Waals surface area contributed by atoms with Crippen LogP contribution in [0.2, 0.25) is 0 Å². The molecule has 1 saturated carbocycles. The topological polar surface area (TPSA) is 42.0 Å². The molecule has 0 aromatic heterocycles. The van der Waals surface area contributed by atoms with E-state index in [1.54, 1.807) is 6.07 Å². The van der Waals surface area contributed by atoms with Crippen molar-refractivity contribution in [2.75, 3.05) is 26.2 Å². The summed E-state index contributed by atoms with van der Waals surface area (Å²) < 4.78 is 25.2. The van der Waals surface area contributed by atoms with Gasteiger partial charge in [0.1, 0.15) is 17.2 Å². The molecule has 5 nitrogen and oxygen atoms in total. The van der Waals surface area contributed by atoms with Crippen LogP contribution in [0.1, 0.15) is 78.2 Å². The molecular formula is C26H39FN2O3. The lowest BCUT2D eigenvalue weighted by molar-refractivity contribution is -0.0347. The molecule has 2 aliphatic heterocycles. The van der Waals surface area contributed by atoms with Crippen LogP contribution in [-0.4, -0.2) is 59.8 Å². The van der Waals surface area contributed by atoms with Crippen molar-refractivity contribution in [1.82, 2.24) is 9.80 Å². The quantitative estimate of drug-likeness (QED) is 0.605. The zero-order chi connectivity index (χ0) is 23.1. The van der Waals surface area contributed by atoms with E-state index >= 15 is 0 Å². The van der Waals surface area contributed by atoms with E-state index in [1.165, 1.54) is 25.3 Å². The van der Waals surface area contributed by atoms with E-state index in [0.717, 1.165) is 44.6 Å². The Labute approximate surface area is 192 Å². The number of nitrogens with zero attached hydrogens (tertiary/aromatic N) is 2. The number of ether oxygens (including phenoxy) is 2. The van der Waals surface area contributed by atoms with Crippen LogP contribution >= 0.6 is 0 Å². The summed E-state index contributed by atoms with van der Waals surface area (Å²) in [4.78, 5) is 16.8. The molecule has 2 heterocycles. The summed E-state index contributed by atoms with van der Waals surface area (Å²) in [6, 6.07) is 5.62. The maximum absolute atomic E-state index is 13.8. The lowest BCUT2D eigenvalue weighted by Gasteiger charge is -2.48. The fourth-order valence-electron chi connectivity index (χ4n) is 5.77. The van der Waals surface area contributed by atoms with Gasteiger partial charge in [0.2, 0.25) is 0 Å². The van der Waals surface area contributed by atoms with Crippen molar-refractivity contribution in [3.05, 3.63) is 29.6 Å². The third-order valence-electron chi connectivity index (χ3n) is 7.20. The van der Waals surface area contributed by atoms with Gasteiger partial charge in [-0.3, -0.25) is 0 Å². The van der Waals surface area contributed by atoms with E-state index in [2.05, 4.69) is 4.90 Å². The van der Waals surface area contributed by atoms with Gasteiger partial charge in [0.25, 0.3) is 0 Å². The van der Waals surface area contributed by atoms with E-state index in [4.69, 9.17) is 9.47 Å². The molecule has 6 heteroatoms. The summed E-state index contributed by atoms with van der Waals surface area (Å²) in [7, 11) is 0. The van der Waals surface area contributed by atoms with Crippen LogP contribution in [0, 0.1) is 11.2 Å². The first-order valence-electron chi connectivity index (χ1n) is 12.2. The van der Waals surface area contributed by atoms with Crippen molar-refractivity contribution in [3.63, 3.8) is 0 Å². The fourth-order valence-corrected chi connectivity index (χ4v) is 5.77. The Morgan fingerprint density at radius 1 is 1.16 bits per heavy atom. The summed E-state index contributed by atoms with van der Waals surface area (Å²) in [5.74, 6) is 0.885. The molecule has 1 atom stereocenters. The van der Waals surface area contributed by atoms with Crippen LogP contribution in [0.25, 0.3) is 0 Å². The van der Waals surface area contributed by atoms with Gasteiger partial charge in [0.05, 0.1) is 6.10 Å². The number of benzene rings is 1. The van der Waals surface area contributed by atoms with E-state index in [1.807, 2.05) is 45.6 Å². The first-order valence-corrected chi connectivity index (χ1v) is 12.2. The zero-order valence-electron chi connectivity index (χ0n) is 20.3. The molecule has 1 aliphatic carbocycles. The van der Waals surface area contributed by atoms with E-state index in [9.17, 15) is 9.18 Å². The maximum atomic E-state index is 13.8. The van der Waals surface area contributed by atoms with Crippen LogP contribution in [0.5, 0.6) is 5.75 Å². The van der Waals surface area contributed by atoms with Crippen molar-refractivity contribution in [2.45, 2.75) is 90.4 Å². The first kappa shape index (κ1) is 23.3. The highest BCUT2D eigenvalue weighted by Gasteiger charge is 2.51. The summed E-state index contributed by atoms with van der Waals surface area (Å²) in [5.41, 5.74) is 0.996. The molecule has 0 bridgehead atoms. The number of halogens is 1. The smallest absolute Gasteiger partial charge is 0.410 e. The SMILES string of the molecule is CC(C)Oc1cc(F)ccc1C1CCN([C@@H]2CCC3(C2)CN(C(=O)OC(C)(C)C)C3)CC1. The van der Waals surface area contributed by atoms with Crippen molar-refractivity contribution in [3.8, 4) is 5.75 Å². The molecular weight excluding hydrogens is 407 g/mol. The minimum absolute atomic E-state index is 0.0352. The number of likely N-dealkylation sites (tertiary alicyclic amines) is 2. The summed E-state index contributed by atoms with van der Waals surface area (Å²) in [6.07, 6.45) is 5.60. The third kappa shape index (κ3) is 5.22. The maximum Gasteiger partial charge on any atom is 0.410 e. The van der Waals surface area contributed by atoms with Gasteiger partial charge < -0.3 is 19.3 Å². The molecule has 1 aromatic carbocycles. The van der Waals surface area contributed by atoms with Gasteiger partial charge in [0, 0.05) is 30.6 Å². The average molecular weight is 447 g/mol. The van der Waals surface area contributed by atoms with Crippen LogP contribution < -0.4 is 4.74 Å². The van der Waals surface area contributed by atoms with E-state index in [0.29, 0.717) is 17.7 Å². The van der Waals surface area contributed by atoms with Gasteiger partial charge in [0.15, 0.2) is 0 Å². The van der Waals surface area contributed by atoms with Gasteiger partial charge >= 0.3 is 6.09 Å². The van der Waals surface area contributed by atoms with Gasteiger partial charge in [-0.05, 0) is 97.4 Å². The zero-order valence-corrected chi connectivity index (χ0v) is 20.3. The van der Waals surface area contributed by atoms with Crippen molar-refractivity contribution in [1.29, 1.82) is 0 Å². The molecule has 32 heavy (non-hydrogen) atoms. The summed E-state index contributed by atoms with van der Waals surface area (Å²) >= 11 is 0. The van der Waals surface area contributed by atoms with Crippen LogP contribution in [0.15, 0.2) is 18.2 Å². The molecule has 1 spiro atoms. The molecule has 3 aliphatic rings. The first-order chi connectivity index (χ1) is 15.0. The standard InChI is InChI=1S/C26H39FN2O3/c1-18(2)31-23-14-20(27)6-7-22(23)19-9-12-28(13-10-19)21-8-11-26(15-21)16-29(17-26)24(30)32-25(3,4)5/h6-7,14,18-19,21H,8-13,15-17H2,1-5H3/t21-/m1/s1. The second kappa shape index (κ2) is 8.85. The number of rotatable bonds is 4. The Morgan fingerprint density at radius 3 is 2.47 bits per heavy atom. The normalized spacial score (nSPS) is 24.1. The molecule has 0 radical (unpaired) electrons. The lowest BCUT2D eigenvalue weighted by atomic mass is 9.78. The average Bonchev–Trinajstić information content (AvgIpc) is 3.11. The number of amides is 1. The van der Waals surface area contributed by atoms with Gasteiger partial charge in [-0.2, -0.15) is 0 Å². The Morgan fingerprint density at radius 2 is 1.84 bits per heavy atom. The molecule has 0 N–H and O–H groups in total. The minimum atomic E-state index is -0.438. The molecule has 1 aromatic rings. The molecule has 2 saturated heterocycles. The van der Waals surface area contributed by atoms with Crippen LogP contribution in [-0.2, 0) is 4.74 Å². The second-order valence-electron chi connectivity index (χ2n) is 11.4. The molecule has 178 valence electrons. The van der Waals surface area contributed by atoms with Gasteiger partial charge in [-0.1, -0.05) is 6.07 Å². The highest BCUT2D eigenvalue weighted by atomic mass is 19.1. The third-order valence-corrected chi connectivity index (χ3v) is 7.20. The van der Waals surface area contributed by atoms with Gasteiger partial charge in [-0.15, -0.1) is 0 Å². The Balaban J connectivity index is 1.29. The molecule has 3 fully saturated rings. The fraction of sp³-hybridized carbons (Fsp3) is 0.731. The Kier molecular flexibility index (Phi) is 6.45. The Bertz CT molecular complexity index is 821. The van der Waals surface area contributed by atoms with Crippen molar-refractivity contribution in [2.24, 2.45) is 5.41 Å². The van der Waals surface area contributed by atoms with E-state index in [-0.39, 0.29) is 23.4 Å². The highest BCUT2D eigenvalue weighted by Crippen LogP contribution is 2.48. The van der Waals surface area contributed by atoms with Crippen molar-refractivity contribution >= 4 is 6.09 Å². The minimum Gasteiger partial charge on any atom is -0.491 e. The molecule has 1 amide bonds. The monoisotopic (exact) mass is 446 g/mol. The number of carbonyl (C=O) groups is 1. The largest absolute Gasteiger partial charge is 0.491 e. The summed E-state index contributed by atoms with van der Waals surface area (Å²) in [6.45, 7) is 13.5. The van der Waals surface area contributed by atoms with Crippen molar-refractivity contribution < 1.29 is 18.7 Å². The number of hydrogen-bond acceptors (Lipinski definition) is 4. The number of carbonyl (C=O) groups excluding carboxylic acids is 1. The molecule has 4 rings (SSSR count). The van der Waals surface area contributed by atoms with Crippen LogP contribution in [0.3, 0.4) is 0 Å². The Hall–Kier alpha value is -1.82.